The molecule has 0 saturated carbocycles. The van der Waals surface area contributed by atoms with Crippen LogP contribution in [0.15, 0.2) is 30.6 Å². The van der Waals surface area contributed by atoms with Crippen LogP contribution in [-0.4, -0.2) is 29.2 Å². The summed E-state index contributed by atoms with van der Waals surface area (Å²) in [5, 5.41) is 0. The highest BCUT2D eigenvalue weighted by molar-refractivity contribution is 5.48. The van der Waals surface area contributed by atoms with Gasteiger partial charge in [0, 0.05) is 36.5 Å². The van der Waals surface area contributed by atoms with E-state index in [0.717, 1.165) is 17.7 Å². The maximum atomic E-state index is 6.01. The van der Waals surface area contributed by atoms with E-state index in [2.05, 4.69) is 67.0 Å². The van der Waals surface area contributed by atoms with E-state index in [1.165, 1.54) is 11.3 Å². The highest BCUT2D eigenvalue weighted by atomic mass is 16.5. The van der Waals surface area contributed by atoms with Crippen LogP contribution in [0, 0.1) is 13.8 Å². The third-order valence-corrected chi connectivity index (χ3v) is 4.22. The van der Waals surface area contributed by atoms with E-state index in [4.69, 9.17) is 4.74 Å². The molecule has 1 aromatic carbocycles. The van der Waals surface area contributed by atoms with Crippen LogP contribution in [0.5, 0.6) is 5.88 Å². The summed E-state index contributed by atoms with van der Waals surface area (Å²) in [6.45, 7) is 10.4. The van der Waals surface area contributed by atoms with Crippen LogP contribution in [0.1, 0.15) is 37.6 Å². The standard InChI is InChI=1S/C19H27N3O/c1-13(2)22(6)18-9-7-8-17(11-18)10-14(3)23-19-15(4)16(5)20-12-21-19/h7-9,11-14H,10H2,1-6H3. The van der Waals surface area contributed by atoms with Gasteiger partial charge in [-0.2, -0.15) is 0 Å². The molecule has 23 heavy (non-hydrogen) atoms. The monoisotopic (exact) mass is 313 g/mol. The number of hydrogen-bond acceptors (Lipinski definition) is 4. The normalized spacial score (nSPS) is 12.3. The first-order valence-electron chi connectivity index (χ1n) is 8.15. The number of aryl methyl sites for hydroxylation is 1. The topological polar surface area (TPSA) is 38.3 Å². The second-order valence-corrected chi connectivity index (χ2v) is 6.40. The van der Waals surface area contributed by atoms with E-state index >= 15 is 0 Å². The van der Waals surface area contributed by atoms with E-state index in [1.807, 2.05) is 13.8 Å². The Morgan fingerprint density at radius 2 is 1.87 bits per heavy atom. The molecule has 1 aromatic heterocycles. The molecule has 124 valence electrons. The molecule has 1 heterocycles. The minimum atomic E-state index is 0.0580. The molecule has 0 N–H and O–H groups in total. The second kappa shape index (κ2) is 7.44. The Morgan fingerprint density at radius 3 is 2.57 bits per heavy atom. The van der Waals surface area contributed by atoms with Crippen LogP contribution in [0.4, 0.5) is 5.69 Å². The summed E-state index contributed by atoms with van der Waals surface area (Å²) in [5.41, 5.74) is 4.47. The number of rotatable bonds is 6. The van der Waals surface area contributed by atoms with E-state index in [0.29, 0.717) is 11.9 Å². The van der Waals surface area contributed by atoms with Gasteiger partial charge in [-0.15, -0.1) is 0 Å². The first-order valence-corrected chi connectivity index (χ1v) is 8.15. The van der Waals surface area contributed by atoms with E-state index in [9.17, 15) is 0 Å². The number of ether oxygens (including phenoxy) is 1. The molecule has 0 spiro atoms. The van der Waals surface area contributed by atoms with E-state index < -0.39 is 0 Å². The number of anilines is 1. The number of aromatic nitrogens is 2. The van der Waals surface area contributed by atoms with Crippen molar-refractivity contribution in [3.8, 4) is 5.88 Å². The number of benzene rings is 1. The van der Waals surface area contributed by atoms with Crippen molar-refractivity contribution < 1.29 is 4.74 Å². The Bertz CT molecular complexity index is 655. The van der Waals surface area contributed by atoms with Crippen molar-refractivity contribution >= 4 is 5.69 Å². The number of nitrogens with zero attached hydrogens (tertiary/aromatic N) is 3. The predicted molar refractivity (Wildman–Crippen MR) is 95.3 cm³/mol. The van der Waals surface area contributed by atoms with Crippen molar-refractivity contribution in [1.29, 1.82) is 0 Å². The zero-order chi connectivity index (χ0) is 17.0. The van der Waals surface area contributed by atoms with Crippen LogP contribution in [0.2, 0.25) is 0 Å². The lowest BCUT2D eigenvalue weighted by molar-refractivity contribution is 0.211. The van der Waals surface area contributed by atoms with Crippen molar-refractivity contribution in [2.75, 3.05) is 11.9 Å². The van der Waals surface area contributed by atoms with Gasteiger partial charge in [-0.3, -0.25) is 0 Å². The van der Waals surface area contributed by atoms with Crippen LogP contribution >= 0.6 is 0 Å². The molecule has 0 radical (unpaired) electrons. The Morgan fingerprint density at radius 1 is 1.13 bits per heavy atom. The second-order valence-electron chi connectivity index (χ2n) is 6.40. The summed E-state index contributed by atoms with van der Waals surface area (Å²) in [6, 6.07) is 9.11. The molecule has 0 aliphatic carbocycles. The molecule has 0 fully saturated rings. The van der Waals surface area contributed by atoms with Crippen molar-refractivity contribution in [3.05, 3.63) is 47.4 Å². The van der Waals surface area contributed by atoms with Gasteiger partial charge in [-0.1, -0.05) is 12.1 Å². The van der Waals surface area contributed by atoms with E-state index in [-0.39, 0.29) is 6.10 Å². The van der Waals surface area contributed by atoms with Gasteiger partial charge in [0.25, 0.3) is 0 Å². The first kappa shape index (κ1) is 17.3. The minimum absolute atomic E-state index is 0.0580. The first-order chi connectivity index (χ1) is 10.9. The number of hydrogen-bond donors (Lipinski definition) is 0. The Balaban J connectivity index is 2.07. The van der Waals surface area contributed by atoms with Gasteiger partial charge in [0.1, 0.15) is 12.4 Å². The molecule has 0 bridgehead atoms. The molecule has 4 nitrogen and oxygen atoms in total. The van der Waals surface area contributed by atoms with Gasteiger partial charge in [-0.25, -0.2) is 9.97 Å². The zero-order valence-corrected chi connectivity index (χ0v) is 15.0. The van der Waals surface area contributed by atoms with Crippen molar-refractivity contribution in [1.82, 2.24) is 9.97 Å². The molecule has 2 rings (SSSR count). The highest BCUT2D eigenvalue weighted by Crippen LogP contribution is 2.21. The summed E-state index contributed by atoms with van der Waals surface area (Å²) in [4.78, 5) is 10.7. The van der Waals surface area contributed by atoms with Gasteiger partial charge >= 0.3 is 0 Å². The van der Waals surface area contributed by atoms with Gasteiger partial charge < -0.3 is 9.64 Å². The van der Waals surface area contributed by atoms with Crippen molar-refractivity contribution in [2.24, 2.45) is 0 Å². The fourth-order valence-corrected chi connectivity index (χ4v) is 2.40. The molecule has 0 aliphatic heterocycles. The lowest BCUT2D eigenvalue weighted by Crippen LogP contribution is -2.25. The fourth-order valence-electron chi connectivity index (χ4n) is 2.40. The maximum absolute atomic E-state index is 6.01. The molecule has 0 amide bonds. The average Bonchev–Trinajstić information content (AvgIpc) is 2.51. The van der Waals surface area contributed by atoms with Crippen LogP contribution in [-0.2, 0) is 6.42 Å². The molecular weight excluding hydrogens is 286 g/mol. The Kier molecular flexibility index (Phi) is 5.59. The predicted octanol–water partition coefficient (Wildman–Crippen LogP) is 3.95. The van der Waals surface area contributed by atoms with Crippen molar-refractivity contribution in [3.63, 3.8) is 0 Å². The summed E-state index contributed by atoms with van der Waals surface area (Å²) in [6.07, 6.45) is 2.47. The van der Waals surface area contributed by atoms with Gasteiger partial charge in [0.2, 0.25) is 5.88 Å². The van der Waals surface area contributed by atoms with Gasteiger partial charge in [-0.05, 0) is 52.3 Å². The SMILES string of the molecule is Cc1ncnc(OC(C)Cc2cccc(N(C)C(C)C)c2)c1C. The zero-order valence-electron chi connectivity index (χ0n) is 15.0. The van der Waals surface area contributed by atoms with Crippen molar-refractivity contribution in [2.45, 2.75) is 53.2 Å². The third-order valence-electron chi connectivity index (χ3n) is 4.22. The van der Waals surface area contributed by atoms with Crippen LogP contribution < -0.4 is 9.64 Å². The molecular formula is C19H27N3O. The largest absolute Gasteiger partial charge is 0.474 e. The van der Waals surface area contributed by atoms with Crippen LogP contribution in [0.3, 0.4) is 0 Å². The molecule has 1 atom stereocenters. The van der Waals surface area contributed by atoms with Gasteiger partial charge in [0.15, 0.2) is 0 Å². The van der Waals surface area contributed by atoms with Crippen LogP contribution in [0.25, 0.3) is 0 Å². The summed E-state index contributed by atoms with van der Waals surface area (Å²) >= 11 is 0. The average molecular weight is 313 g/mol. The summed E-state index contributed by atoms with van der Waals surface area (Å²) in [7, 11) is 2.12. The third kappa shape index (κ3) is 4.44. The summed E-state index contributed by atoms with van der Waals surface area (Å²) in [5.74, 6) is 0.681. The lowest BCUT2D eigenvalue weighted by Gasteiger charge is -2.24. The summed E-state index contributed by atoms with van der Waals surface area (Å²) < 4.78 is 6.01. The quantitative estimate of drug-likeness (QED) is 0.809. The maximum Gasteiger partial charge on any atom is 0.219 e. The lowest BCUT2D eigenvalue weighted by atomic mass is 10.1. The molecule has 1 unspecified atom stereocenters. The van der Waals surface area contributed by atoms with Gasteiger partial charge in [0.05, 0.1) is 0 Å². The van der Waals surface area contributed by atoms with E-state index in [1.54, 1.807) is 6.33 Å². The Labute approximate surface area is 139 Å². The Hall–Kier alpha value is -2.10. The minimum Gasteiger partial charge on any atom is -0.474 e. The molecule has 2 aromatic rings. The molecule has 0 saturated heterocycles. The molecule has 4 heteroatoms. The molecule has 0 aliphatic rings. The highest BCUT2D eigenvalue weighted by Gasteiger charge is 2.12. The smallest absolute Gasteiger partial charge is 0.219 e. The fraction of sp³-hybridized carbons (Fsp3) is 0.474.